The van der Waals surface area contributed by atoms with Gasteiger partial charge in [-0.15, -0.1) is 0 Å². The molecular formula is C12H17FN2O2S. The van der Waals surface area contributed by atoms with E-state index >= 15 is 0 Å². The van der Waals surface area contributed by atoms with Gasteiger partial charge in [0.05, 0.1) is 4.90 Å². The number of hydrogen-bond donors (Lipinski definition) is 2. The molecule has 1 atom stereocenters. The Morgan fingerprint density at radius 2 is 2.28 bits per heavy atom. The zero-order valence-electron chi connectivity index (χ0n) is 10.2. The molecule has 1 aliphatic rings. The van der Waals surface area contributed by atoms with Crippen LogP contribution < -0.4 is 10.0 Å². The standard InChI is InChI=1S/C12H17FN2O2S/c1-9-4-5-11(7-12(9)13)18(16,17)15-8-10-3-2-6-14-10/h4-5,7,10,14-15H,2-3,6,8H2,1H3/t10-/m1/s1. The maximum atomic E-state index is 13.3. The summed E-state index contributed by atoms with van der Waals surface area (Å²) in [5, 5.41) is 3.20. The van der Waals surface area contributed by atoms with Crippen molar-refractivity contribution >= 4 is 10.0 Å². The second-order valence-corrected chi connectivity index (χ2v) is 6.32. The van der Waals surface area contributed by atoms with Crippen LogP contribution in [0.2, 0.25) is 0 Å². The quantitative estimate of drug-likeness (QED) is 0.865. The van der Waals surface area contributed by atoms with Crippen molar-refractivity contribution in [2.24, 2.45) is 0 Å². The van der Waals surface area contributed by atoms with Crippen LogP contribution in [0, 0.1) is 12.7 Å². The van der Waals surface area contributed by atoms with Gasteiger partial charge in [-0.3, -0.25) is 0 Å². The Morgan fingerprint density at radius 3 is 2.89 bits per heavy atom. The average molecular weight is 272 g/mol. The second-order valence-electron chi connectivity index (χ2n) is 4.56. The molecule has 0 spiro atoms. The van der Waals surface area contributed by atoms with Crippen LogP contribution in [0.5, 0.6) is 0 Å². The van der Waals surface area contributed by atoms with Gasteiger partial charge in [0.1, 0.15) is 5.82 Å². The van der Waals surface area contributed by atoms with Gasteiger partial charge < -0.3 is 5.32 Å². The molecule has 2 rings (SSSR count). The van der Waals surface area contributed by atoms with E-state index in [0.717, 1.165) is 25.5 Å². The first-order valence-corrected chi connectivity index (χ1v) is 7.46. The van der Waals surface area contributed by atoms with Crippen molar-refractivity contribution in [1.82, 2.24) is 10.0 Å². The van der Waals surface area contributed by atoms with E-state index < -0.39 is 15.8 Å². The van der Waals surface area contributed by atoms with Crippen LogP contribution in [0.25, 0.3) is 0 Å². The Kier molecular flexibility index (Phi) is 3.99. The molecule has 0 saturated carbocycles. The Labute approximate surface area is 107 Å². The molecule has 18 heavy (non-hydrogen) atoms. The summed E-state index contributed by atoms with van der Waals surface area (Å²) >= 11 is 0. The van der Waals surface area contributed by atoms with Crippen molar-refractivity contribution in [3.8, 4) is 0 Å². The fourth-order valence-electron chi connectivity index (χ4n) is 1.97. The molecule has 1 aromatic carbocycles. The fraction of sp³-hybridized carbons (Fsp3) is 0.500. The molecule has 100 valence electrons. The maximum absolute atomic E-state index is 13.3. The lowest BCUT2D eigenvalue weighted by Crippen LogP contribution is -2.37. The second kappa shape index (κ2) is 5.34. The van der Waals surface area contributed by atoms with Crippen molar-refractivity contribution in [1.29, 1.82) is 0 Å². The van der Waals surface area contributed by atoms with E-state index in [4.69, 9.17) is 0 Å². The summed E-state index contributed by atoms with van der Waals surface area (Å²) in [6, 6.07) is 4.12. The van der Waals surface area contributed by atoms with E-state index in [-0.39, 0.29) is 10.9 Å². The number of hydrogen-bond acceptors (Lipinski definition) is 3. The summed E-state index contributed by atoms with van der Waals surface area (Å²) in [7, 11) is -3.62. The van der Waals surface area contributed by atoms with Gasteiger partial charge in [0.15, 0.2) is 0 Å². The highest BCUT2D eigenvalue weighted by Gasteiger charge is 2.19. The highest BCUT2D eigenvalue weighted by Crippen LogP contribution is 2.14. The number of nitrogens with one attached hydrogen (secondary N) is 2. The summed E-state index contributed by atoms with van der Waals surface area (Å²) in [6.45, 7) is 2.87. The molecule has 0 aliphatic carbocycles. The van der Waals surface area contributed by atoms with Crippen LogP contribution in [0.3, 0.4) is 0 Å². The van der Waals surface area contributed by atoms with Gasteiger partial charge in [0.2, 0.25) is 10.0 Å². The predicted octanol–water partition coefficient (Wildman–Crippen LogP) is 1.16. The average Bonchev–Trinajstić information content (AvgIpc) is 2.83. The van der Waals surface area contributed by atoms with Gasteiger partial charge in [0.25, 0.3) is 0 Å². The third-order valence-corrected chi connectivity index (χ3v) is 4.56. The predicted molar refractivity (Wildman–Crippen MR) is 67.4 cm³/mol. The number of aryl methyl sites for hydroxylation is 1. The first-order valence-electron chi connectivity index (χ1n) is 5.98. The molecule has 0 bridgehead atoms. The largest absolute Gasteiger partial charge is 0.313 e. The van der Waals surface area contributed by atoms with E-state index in [1.165, 1.54) is 12.1 Å². The molecule has 0 amide bonds. The number of halogens is 1. The third-order valence-electron chi connectivity index (χ3n) is 3.14. The molecule has 4 nitrogen and oxygen atoms in total. The minimum Gasteiger partial charge on any atom is -0.313 e. The Morgan fingerprint density at radius 1 is 1.50 bits per heavy atom. The van der Waals surface area contributed by atoms with Gasteiger partial charge in [-0.25, -0.2) is 17.5 Å². The molecule has 2 N–H and O–H groups in total. The first kappa shape index (κ1) is 13.5. The fourth-order valence-corrected chi connectivity index (χ4v) is 3.06. The van der Waals surface area contributed by atoms with Crippen molar-refractivity contribution in [2.45, 2.75) is 30.7 Å². The van der Waals surface area contributed by atoms with Crippen molar-refractivity contribution in [3.05, 3.63) is 29.6 Å². The van der Waals surface area contributed by atoms with Gasteiger partial charge in [0, 0.05) is 12.6 Å². The van der Waals surface area contributed by atoms with Crippen LogP contribution in [-0.4, -0.2) is 27.5 Å². The Hall–Kier alpha value is -0.980. The van der Waals surface area contributed by atoms with E-state index in [9.17, 15) is 12.8 Å². The van der Waals surface area contributed by atoms with E-state index in [0.29, 0.717) is 12.1 Å². The van der Waals surface area contributed by atoms with Crippen molar-refractivity contribution in [2.75, 3.05) is 13.1 Å². The van der Waals surface area contributed by atoms with Crippen LogP contribution in [0.1, 0.15) is 18.4 Å². The molecule has 6 heteroatoms. The summed E-state index contributed by atoms with van der Waals surface area (Å²) < 4.78 is 39.7. The lowest BCUT2D eigenvalue weighted by atomic mass is 10.2. The number of benzene rings is 1. The maximum Gasteiger partial charge on any atom is 0.240 e. The van der Waals surface area contributed by atoms with E-state index in [1.54, 1.807) is 6.92 Å². The van der Waals surface area contributed by atoms with Gasteiger partial charge in [-0.1, -0.05) is 6.07 Å². The van der Waals surface area contributed by atoms with E-state index in [1.807, 2.05) is 0 Å². The molecule has 1 saturated heterocycles. The molecule has 1 heterocycles. The van der Waals surface area contributed by atoms with Crippen LogP contribution in [-0.2, 0) is 10.0 Å². The number of sulfonamides is 1. The van der Waals surface area contributed by atoms with Crippen molar-refractivity contribution in [3.63, 3.8) is 0 Å². The summed E-state index contributed by atoms with van der Waals surface area (Å²) in [5.74, 6) is -0.503. The van der Waals surface area contributed by atoms with Crippen LogP contribution in [0.15, 0.2) is 23.1 Å². The SMILES string of the molecule is Cc1ccc(S(=O)(=O)NC[C@H]2CCCN2)cc1F. The zero-order valence-corrected chi connectivity index (χ0v) is 11.1. The van der Waals surface area contributed by atoms with Crippen LogP contribution >= 0.6 is 0 Å². The Balaban J connectivity index is 2.07. The molecule has 1 aromatic rings. The minimum absolute atomic E-state index is 0.0244. The molecule has 0 radical (unpaired) electrons. The van der Waals surface area contributed by atoms with Crippen molar-refractivity contribution < 1.29 is 12.8 Å². The lowest BCUT2D eigenvalue weighted by molar-refractivity contribution is 0.550. The van der Waals surface area contributed by atoms with Gasteiger partial charge >= 0.3 is 0 Å². The van der Waals surface area contributed by atoms with Gasteiger partial charge in [-0.2, -0.15) is 0 Å². The molecule has 1 fully saturated rings. The Bertz CT molecular complexity index is 525. The minimum atomic E-state index is -3.62. The molecular weight excluding hydrogens is 255 g/mol. The lowest BCUT2D eigenvalue weighted by Gasteiger charge is -2.12. The third kappa shape index (κ3) is 3.07. The molecule has 0 unspecified atom stereocenters. The monoisotopic (exact) mass is 272 g/mol. The highest BCUT2D eigenvalue weighted by molar-refractivity contribution is 7.89. The highest BCUT2D eigenvalue weighted by atomic mass is 32.2. The summed E-state index contributed by atoms with van der Waals surface area (Å²) in [5.41, 5.74) is 0.436. The van der Waals surface area contributed by atoms with E-state index in [2.05, 4.69) is 10.0 Å². The van der Waals surface area contributed by atoms with Gasteiger partial charge in [-0.05, 0) is 44.0 Å². The smallest absolute Gasteiger partial charge is 0.240 e. The zero-order chi connectivity index (χ0) is 13.2. The normalized spacial score (nSPS) is 20.2. The first-order chi connectivity index (χ1) is 8.49. The molecule has 0 aromatic heterocycles. The summed E-state index contributed by atoms with van der Waals surface area (Å²) in [4.78, 5) is -0.0244. The molecule has 1 aliphatic heterocycles. The topological polar surface area (TPSA) is 58.2 Å². The number of rotatable bonds is 4. The summed E-state index contributed by atoms with van der Waals surface area (Å²) in [6.07, 6.45) is 2.02. The van der Waals surface area contributed by atoms with Crippen LogP contribution in [0.4, 0.5) is 4.39 Å².